The quantitative estimate of drug-likeness (QED) is 0.220. The van der Waals surface area contributed by atoms with Gasteiger partial charge in [0, 0.05) is 44.5 Å². The maximum absolute atomic E-state index is 13.1. The molecule has 230 valence electrons. The summed E-state index contributed by atoms with van der Waals surface area (Å²) < 4.78 is 33.3. The Bertz CT molecular complexity index is 1510. The molecule has 1 fully saturated rings. The molecule has 2 aromatic rings. The smallest absolute Gasteiger partial charge is 0.320 e. The summed E-state index contributed by atoms with van der Waals surface area (Å²) in [7, 11) is -4.33. The van der Waals surface area contributed by atoms with Crippen molar-refractivity contribution >= 4 is 45.3 Å². The van der Waals surface area contributed by atoms with Crippen molar-refractivity contribution in [2.45, 2.75) is 44.6 Å². The summed E-state index contributed by atoms with van der Waals surface area (Å²) in [5.74, 6) is -2.17. The molecule has 2 aliphatic heterocycles. The van der Waals surface area contributed by atoms with Crippen molar-refractivity contribution in [1.82, 2.24) is 4.90 Å². The van der Waals surface area contributed by atoms with Crippen molar-refractivity contribution in [3.63, 3.8) is 0 Å². The molecule has 1 amide bonds. The van der Waals surface area contributed by atoms with Gasteiger partial charge in [0.2, 0.25) is 10.0 Å². The number of aliphatic carboxylic acids is 1. The summed E-state index contributed by atoms with van der Waals surface area (Å²) in [5.41, 5.74) is 12.5. The van der Waals surface area contributed by atoms with Crippen LogP contribution in [0.3, 0.4) is 0 Å². The number of amidine groups is 2. The maximum Gasteiger partial charge on any atom is 0.320 e. The number of amides is 1. The number of ether oxygens (including phenoxy) is 1. The molecule has 0 bridgehead atoms. The van der Waals surface area contributed by atoms with Gasteiger partial charge in [-0.15, -0.1) is 0 Å². The lowest BCUT2D eigenvalue weighted by atomic mass is 10.1. The molecule has 2 heterocycles. The third-order valence-electron chi connectivity index (χ3n) is 7.39. The van der Waals surface area contributed by atoms with E-state index in [1.807, 2.05) is 0 Å². The first-order valence-corrected chi connectivity index (χ1v) is 15.9. The number of benzene rings is 2. The monoisotopic (exact) mass is 610 g/mol. The number of rotatable bonds is 11. The lowest BCUT2D eigenvalue weighted by molar-refractivity contribution is -0.134. The fourth-order valence-corrected chi connectivity index (χ4v) is 6.42. The van der Waals surface area contributed by atoms with Crippen LogP contribution in [0.1, 0.15) is 60.0 Å². The molecule has 0 radical (unpaired) electrons. The Balaban J connectivity index is 1.53. The van der Waals surface area contributed by atoms with Crippen molar-refractivity contribution in [2.24, 2.45) is 16.5 Å². The molecular formula is C30H38N6O6S. The minimum atomic E-state index is -4.33. The Hall–Kier alpha value is -4.39. The highest BCUT2D eigenvalue weighted by atomic mass is 32.2. The number of aliphatic imine (C=N–C) groups is 1. The van der Waals surface area contributed by atoms with E-state index in [4.69, 9.17) is 26.6 Å². The van der Waals surface area contributed by atoms with E-state index in [1.54, 1.807) is 36.4 Å². The summed E-state index contributed by atoms with van der Waals surface area (Å²) in [6, 6.07) is 11.1. The van der Waals surface area contributed by atoms with Crippen LogP contribution in [-0.2, 0) is 14.8 Å². The maximum atomic E-state index is 13.1. The van der Waals surface area contributed by atoms with Crippen molar-refractivity contribution < 1.29 is 27.9 Å². The average Bonchev–Trinajstić information content (AvgIpc) is 3.25. The summed E-state index contributed by atoms with van der Waals surface area (Å²) in [6.07, 6.45) is 8.92. The zero-order chi connectivity index (χ0) is 31.0. The average molecular weight is 611 g/mol. The van der Waals surface area contributed by atoms with Crippen LogP contribution in [0.25, 0.3) is 6.08 Å². The second-order valence-electron chi connectivity index (χ2n) is 10.6. The first-order valence-electron chi connectivity index (χ1n) is 14.3. The predicted molar refractivity (Wildman–Crippen MR) is 166 cm³/mol. The highest BCUT2D eigenvalue weighted by Crippen LogP contribution is 2.30. The third kappa shape index (κ3) is 8.57. The number of sulfonamides is 1. The number of likely N-dealkylation sites (tertiary alicyclic amines) is 1. The fraction of sp³-hybridized carbons (Fsp3) is 0.400. The van der Waals surface area contributed by atoms with Gasteiger partial charge in [0.15, 0.2) is 5.75 Å². The lowest BCUT2D eigenvalue weighted by Crippen LogP contribution is -2.42. The molecule has 2 aliphatic rings. The molecule has 0 saturated carbocycles. The second-order valence-corrected chi connectivity index (χ2v) is 12.5. The van der Waals surface area contributed by atoms with Gasteiger partial charge in [-0.3, -0.25) is 24.3 Å². The Morgan fingerprint density at radius 1 is 1.12 bits per heavy atom. The molecule has 0 aromatic heterocycles. The van der Waals surface area contributed by atoms with Crippen molar-refractivity contribution in [3.05, 3.63) is 65.2 Å². The highest BCUT2D eigenvalue weighted by molar-refractivity contribution is 7.93. The number of carbonyl (C=O) groups excluding carboxylic acids is 1. The number of carboxylic acids is 1. The molecule has 0 aliphatic carbocycles. The molecule has 12 nitrogen and oxygen atoms in total. The van der Waals surface area contributed by atoms with E-state index < -0.39 is 27.7 Å². The highest BCUT2D eigenvalue weighted by Gasteiger charge is 2.28. The number of anilines is 1. The number of hydrogen-bond acceptors (Lipinski definition) is 8. The van der Waals surface area contributed by atoms with Gasteiger partial charge in [-0.1, -0.05) is 36.8 Å². The van der Waals surface area contributed by atoms with Crippen LogP contribution in [0.5, 0.6) is 5.75 Å². The standard InChI is InChI=1S/C30H38N6O6S/c31-29(32)22-8-4-6-21(18-22)7-5-15-36(43(40,41)20-28(37)38)23-10-11-26(25(19-23)30(33)39)42-24-12-16-35(17-13-24)27-9-2-1-3-14-34-27/h4-8,10-11,18-19,24H,1-3,9,12-17,20H2,(H3,31,32)(H2,33,39)(H,37,38). The van der Waals surface area contributed by atoms with Gasteiger partial charge in [-0.2, -0.15) is 0 Å². The van der Waals surface area contributed by atoms with Crippen LogP contribution in [0.2, 0.25) is 0 Å². The van der Waals surface area contributed by atoms with Gasteiger partial charge in [0.25, 0.3) is 5.91 Å². The summed E-state index contributed by atoms with van der Waals surface area (Å²) in [5, 5.41) is 16.9. The van der Waals surface area contributed by atoms with Crippen LogP contribution >= 0.6 is 0 Å². The number of piperidine rings is 1. The van der Waals surface area contributed by atoms with Gasteiger partial charge in [-0.25, -0.2) is 8.42 Å². The van der Waals surface area contributed by atoms with E-state index in [-0.39, 0.29) is 35.5 Å². The van der Waals surface area contributed by atoms with Gasteiger partial charge in [-0.05, 0) is 42.7 Å². The van der Waals surface area contributed by atoms with Gasteiger partial charge in [0.05, 0.1) is 23.6 Å². The predicted octanol–water partition coefficient (Wildman–Crippen LogP) is 2.82. The number of nitrogen functional groups attached to an aromatic ring is 1. The topological polar surface area (TPSA) is 192 Å². The fourth-order valence-electron chi connectivity index (χ4n) is 5.20. The Kier molecular flexibility index (Phi) is 10.4. The van der Waals surface area contributed by atoms with E-state index in [9.17, 15) is 23.1 Å². The molecule has 0 unspecified atom stereocenters. The molecule has 2 aromatic carbocycles. The number of nitrogens with two attached hydrogens (primary N) is 2. The summed E-state index contributed by atoms with van der Waals surface area (Å²) in [6.45, 7) is 2.22. The van der Waals surface area contributed by atoms with Gasteiger partial charge >= 0.3 is 5.97 Å². The first kappa shape index (κ1) is 31.5. The normalized spacial score (nSPS) is 16.4. The van der Waals surface area contributed by atoms with Crippen LogP contribution in [0.4, 0.5) is 5.69 Å². The Morgan fingerprint density at radius 2 is 1.88 bits per heavy atom. The third-order valence-corrected chi connectivity index (χ3v) is 9.03. The number of hydrogen-bond donors (Lipinski definition) is 4. The zero-order valence-corrected chi connectivity index (χ0v) is 24.8. The first-order chi connectivity index (χ1) is 20.5. The second kappa shape index (κ2) is 14.2. The molecule has 13 heteroatoms. The van der Waals surface area contributed by atoms with Crippen molar-refractivity contribution in [2.75, 3.05) is 36.2 Å². The minimum Gasteiger partial charge on any atom is -0.489 e. The van der Waals surface area contributed by atoms with Crippen molar-refractivity contribution in [3.8, 4) is 5.75 Å². The summed E-state index contributed by atoms with van der Waals surface area (Å²) in [4.78, 5) is 30.9. The van der Waals surface area contributed by atoms with E-state index in [0.29, 0.717) is 11.1 Å². The molecular weight excluding hydrogens is 572 g/mol. The van der Waals surface area contributed by atoms with Gasteiger partial charge in [0.1, 0.15) is 17.7 Å². The number of nitrogens with one attached hydrogen (secondary N) is 1. The number of carboxylic acid groups (broad SMARTS) is 1. The van der Waals surface area contributed by atoms with E-state index in [0.717, 1.165) is 61.9 Å². The number of nitrogens with zero attached hydrogens (tertiary/aromatic N) is 3. The Labute approximate surface area is 251 Å². The molecule has 4 rings (SSSR count). The molecule has 0 spiro atoms. The van der Waals surface area contributed by atoms with Crippen LogP contribution in [-0.4, -0.2) is 80.0 Å². The number of primary amides is 1. The Morgan fingerprint density at radius 3 is 2.58 bits per heavy atom. The minimum absolute atomic E-state index is 0.00161. The lowest BCUT2D eigenvalue weighted by Gasteiger charge is -2.34. The molecule has 1 saturated heterocycles. The summed E-state index contributed by atoms with van der Waals surface area (Å²) >= 11 is 0. The van der Waals surface area contributed by atoms with Crippen LogP contribution in [0.15, 0.2) is 53.5 Å². The SMILES string of the molecule is N=C(N)c1cccc(C=CCN(c2ccc(OC3CCN(C4=NCCCCC4)CC3)c(C(N)=O)c2)S(=O)(=O)CC(=O)O)c1. The largest absolute Gasteiger partial charge is 0.489 e. The van der Waals surface area contributed by atoms with Crippen molar-refractivity contribution in [1.29, 1.82) is 5.41 Å². The molecule has 6 N–H and O–H groups in total. The van der Waals surface area contributed by atoms with Crippen LogP contribution in [0, 0.1) is 5.41 Å². The van der Waals surface area contributed by atoms with Gasteiger partial charge < -0.3 is 26.2 Å². The van der Waals surface area contributed by atoms with E-state index >= 15 is 0 Å². The zero-order valence-electron chi connectivity index (χ0n) is 23.9. The van der Waals surface area contributed by atoms with Crippen LogP contribution < -0.4 is 20.5 Å². The van der Waals surface area contributed by atoms with E-state index in [1.165, 1.54) is 24.6 Å². The van der Waals surface area contributed by atoms with E-state index in [2.05, 4.69) is 4.90 Å². The number of carbonyl (C=O) groups is 2. The molecule has 43 heavy (non-hydrogen) atoms. The molecule has 0 atom stereocenters.